The Bertz CT molecular complexity index is 355. The molecule has 20 heavy (non-hydrogen) atoms. The van der Waals surface area contributed by atoms with Crippen molar-refractivity contribution in [2.75, 3.05) is 32.9 Å². The van der Waals surface area contributed by atoms with Crippen molar-refractivity contribution in [3.8, 4) is 0 Å². The summed E-state index contributed by atoms with van der Waals surface area (Å²) in [5.41, 5.74) is 2.55. The van der Waals surface area contributed by atoms with E-state index in [0.29, 0.717) is 13.2 Å². The Morgan fingerprint density at radius 1 is 1.10 bits per heavy atom. The van der Waals surface area contributed by atoms with Crippen LogP contribution in [0.3, 0.4) is 0 Å². The van der Waals surface area contributed by atoms with Crippen molar-refractivity contribution in [3.05, 3.63) is 35.4 Å². The van der Waals surface area contributed by atoms with Crippen LogP contribution in [0.25, 0.3) is 0 Å². The second-order valence-electron chi connectivity index (χ2n) is 4.99. The molecule has 0 fully saturated rings. The minimum atomic E-state index is 0.103. The van der Waals surface area contributed by atoms with Crippen LogP contribution in [0.2, 0.25) is 0 Å². The topological polar surface area (TPSA) is 30.5 Å². The van der Waals surface area contributed by atoms with Gasteiger partial charge >= 0.3 is 0 Å². The summed E-state index contributed by atoms with van der Waals surface area (Å²) in [6.45, 7) is 10.4. The lowest BCUT2D eigenvalue weighted by Crippen LogP contribution is -2.24. The van der Waals surface area contributed by atoms with Crippen LogP contribution in [0.15, 0.2) is 24.3 Å². The molecule has 1 aromatic rings. The molecule has 0 radical (unpaired) electrons. The number of benzene rings is 1. The fourth-order valence-corrected chi connectivity index (χ4v) is 2.08. The minimum Gasteiger partial charge on any atom is -0.379 e. The second kappa shape index (κ2) is 10.8. The number of hydrogen-bond acceptors (Lipinski definition) is 3. The van der Waals surface area contributed by atoms with Crippen molar-refractivity contribution in [3.63, 3.8) is 0 Å². The van der Waals surface area contributed by atoms with Crippen molar-refractivity contribution >= 4 is 0 Å². The first-order chi connectivity index (χ1) is 9.79. The van der Waals surface area contributed by atoms with Crippen LogP contribution in [0.4, 0.5) is 0 Å². The molecule has 0 aliphatic heterocycles. The maximum Gasteiger partial charge on any atom is 0.0952 e. The Morgan fingerprint density at radius 3 is 2.60 bits per heavy atom. The highest BCUT2D eigenvalue weighted by Gasteiger charge is 2.13. The zero-order chi connectivity index (χ0) is 14.6. The highest BCUT2D eigenvalue weighted by molar-refractivity contribution is 5.28. The molecule has 0 amide bonds. The quantitative estimate of drug-likeness (QED) is 0.629. The van der Waals surface area contributed by atoms with Gasteiger partial charge in [-0.25, -0.2) is 0 Å². The molecule has 0 saturated heterocycles. The lowest BCUT2D eigenvalue weighted by molar-refractivity contribution is 0.00355. The fraction of sp³-hybridized carbons (Fsp3) is 0.647. The average Bonchev–Trinajstić information content (AvgIpc) is 2.47. The highest BCUT2D eigenvalue weighted by atomic mass is 16.5. The predicted octanol–water partition coefficient (Wildman–Crippen LogP) is 3.48. The Labute approximate surface area is 123 Å². The highest BCUT2D eigenvalue weighted by Crippen LogP contribution is 2.20. The van der Waals surface area contributed by atoms with E-state index in [9.17, 15) is 0 Å². The fourth-order valence-electron chi connectivity index (χ4n) is 2.08. The van der Waals surface area contributed by atoms with Crippen molar-refractivity contribution in [1.82, 2.24) is 5.32 Å². The summed E-state index contributed by atoms with van der Waals surface area (Å²) in [6.07, 6.45) is 2.40. The zero-order valence-corrected chi connectivity index (χ0v) is 13.2. The summed E-state index contributed by atoms with van der Waals surface area (Å²) in [6, 6.07) is 8.42. The first-order valence-corrected chi connectivity index (χ1v) is 7.75. The van der Waals surface area contributed by atoms with Crippen LogP contribution in [-0.2, 0) is 9.47 Å². The number of unbranched alkanes of at least 4 members (excludes halogenated alkanes) is 1. The van der Waals surface area contributed by atoms with Gasteiger partial charge in [0, 0.05) is 13.2 Å². The van der Waals surface area contributed by atoms with Crippen LogP contribution < -0.4 is 5.32 Å². The van der Waals surface area contributed by atoms with Crippen molar-refractivity contribution < 1.29 is 9.47 Å². The van der Waals surface area contributed by atoms with E-state index in [2.05, 4.69) is 50.4 Å². The number of rotatable bonds is 11. The van der Waals surface area contributed by atoms with Crippen LogP contribution in [0.1, 0.15) is 43.9 Å². The van der Waals surface area contributed by atoms with Crippen LogP contribution in [-0.4, -0.2) is 32.9 Å². The summed E-state index contributed by atoms with van der Waals surface area (Å²) in [5, 5.41) is 3.37. The van der Waals surface area contributed by atoms with E-state index in [1.54, 1.807) is 0 Å². The van der Waals surface area contributed by atoms with Gasteiger partial charge in [0.05, 0.1) is 19.3 Å². The number of likely N-dealkylation sites (N-methyl/N-ethyl adjacent to an activating group) is 1. The largest absolute Gasteiger partial charge is 0.379 e. The predicted molar refractivity (Wildman–Crippen MR) is 84.1 cm³/mol. The molecule has 1 unspecified atom stereocenters. The van der Waals surface area contributed by atoms with Crippen LogP contribution >= 0.6 is 0 Å². The molecule has 0 heterocycles. The van der Waals surface area contributed by atoms with E-state index < -0.39 is 0 Å². The van der Waals surface area contributed by atoms with E-state index in [1.165, 1.54) is 17.5 Å². The summed E-state index contributed by atoms with van der Waals surface area (Å²) in [4.78, 5) is 0. The van der Waals surface area contributed by atoms with Gasteiger partial charge in [0.15, 0.2) is 0 Å². The molecule has 1 N–H and O–H groups in total. The number of aryl methyl sites for hydroxylation is 1. The molecule has 0 spiro atoms. The van der Waals surface area contributed by atoms with Gasteiger partial charge in [-0.15, -0.1) is 0 Å². The maximum absolute atomic E-state index is 6.00. The van der Waals surface area contributed by atoms with Gasteiger partial charge in [0.2, 0.25) is 0 Å². The molecule has 0 aromatic heterocycles. The molecule has 1 atom stereocenters. The zero-order valence-electron chi connectivity index (χ0n) is 13.2. The Hall–Kier alpha value is -0.900. The van der Waals surface area contributed by atoms with Gasteiger partial charge in [-0.3, -0.25) is 0 Å². The molecule has 0 aliphatic rings. The first kappa shape index (κ1) is 17.2. The number of nitrogens with one attached hydrogen (secondary N) is 1. The van der Waals surface area contributed by atoms with Crippen LogP contribution in [0, 0.1) is 6.92 Å². The third kappa shape index (κ3) is 6.51. The summed E-state index contributed by atoms with van der Waals surface area (Å²) >= 11 is 0. The summed E-state index contributed by atoms with van der Waals surface area (Å²) < 4.78 is 11.6. The molecule has 0 bridgehead atoms. The number of ether oxygens (including phenoxy) is 2. The van der Waals surface area contributed by atoms with Gasteiger partial charge < -0.3 is 14.8 Å². The first-order valence-electron chi connectivity index (χ1n) is 7.75. The number of hydrogen-bond donors (Lipinski definition) is 1. The molecule has 1 aromatic carbocycles. The van der Waals surface area contributed by atoms with E-state index in [1.807, 2.05) is 0 Å². The van der Waals surface area contributed by atoms with Gasteiger partial charge in [-0.1, -0.05) is 44.5 Å². The molecule has 3 nitrogen and oxygen atoms in total. The van der Waals surface area contributed by atoms with Crippen molar-refractivity contribution in [1.29, 1.82) is 0 Å². The van der Waals surface area contributed by atoms with E-state index in [-0.39, 0.29) is 6.10 Å². The lowest BCUT2D eigenvalue weighted by atomic mass is 10.0. The lowest BCUT2D eigenvalue weighted by Gasteiger charge is -2.20. The van der Waals surface area contributed by atoms with E-state index >= 15 is 0 Å². The molecule has 114 valence electrons. The monoisotopic (exact) mass is 279 g/mol. The second-order valence-corrected chi connectivity index (χ2v) is 4.99. The Morgan fingerprint density at radius 2 is 1.90 bits per heavy atom. The van der Waals surface area contributed by atoms with Gasteiger partial charge in [-0.2, -0.15) is 0 Å². The molecule has 3 heteroatoms. The third-order valence-electron chi connectivity index (χ3n) is 3.30. The molecular weight excluding hydrogens is 250 g/mol. The summed E-state index contributed by atoms with van der Waals surface area (Å²) in [7, 11) is 0. The Kier molecular flexibility index (Phi) is 9.29. The molecular formula is C17H29NO2. The Balaban J connectivity index is 2.42. The van der Waals surface area contributed by atoms with Crippen molar-refractivity contribution in [2.45, 2.75) is 39.7 Å². The summed E-state index contributed by atoms with van der Waals surface area (Å²) in [5.74, 6) is 0. The minimum absolute atomic E-state index is 0.103. The molecule has 0 aliphatic carbocycles. The average molecular weight is 279 g/mol. The standard InChI is InChI=1S/C17H29NO2/c1-4-6-11-19-12-13-20-17(14-18-5-2)16-10-8-7-9-15(16)3/h7-10,17-18H,4-6,11-14H2,1-3H3. The van der Waals surface area contributed by atoms with Gasteiger partial charge in [0.25, 0.3) is 0 Å². The van der Waals surface area contributed by atoms with Gasteiger partial charge in [0.1, 0.15) is 0 Å². The SMILES string of the molecule is CCCCOCCOC(CNCC)c1ccccc1C. The molecule has 1 rings (SSSR count). The van der Waals surface area contributed by atoms with Crippen LogP contribution in [0.5, 0.6) is 0 Å². The normalized spacial score (nSPS) is 12.6. The van der Waals surface area contributed by atoms with E-state index in [0.717, 1.165) is 26.1 Å². The maximum atomic E-state index is 6.00. The smallest absolute Gasteiger partial charge is 0.0952 e. The van der Waals surface area contributed by atoms with Gasteiger partial charge in [-0.05, 0) is 31.0 Å². The van der Waals surface area contributed by atoms with E-state index in [4.69, 9.17) is 9.47 Å². The van der Waals surface area contributed by atoms with Crippen molar-refractivity contribution in [2.24, 2.45) is 0 Å². The molecule has 0 saturated carbocycles. The third-order valence-corrected chi connectivity index (χ3v) is 3.30.